The van der Waals surface area contributed by atoms with Gasteiger partial charge in [-0.15, -0.1) is 23.5 Å². The Labute approximate surface area is 220 Å². The first-order valence-corrected chi connectivity index (χ1v) is 15.2. The summed E-state index contributed by atoms with van der Waals surface area (Å²) in [5.41, 5.74) is 3.96. The molecule has 192 valence electrons. The molecule has 0 spiro atoms. The maximum atomic E-state index is 11.7. The number of esters is 1. The fraction of sp³-hybridized carbons (Fsp3) is 0.552. The van der Waals surface area contributed by atoms with E-state index in [2.05, 4.69) is 67.5 Å². The molecule has 2 aromatic rings. The molecule has 0 fully saturated rings. The van der Waals surface area contributed by atoms with Gasteiger partial charge in [-0.05, 0) is 61.3 Å². The summed E-state index contributed by atoms with van der Waals surface area (Å²) in [5, 5.41) is 0. The van der Waals surface area contributed by atoms with Gasteiger partial charge in [0.05, 0.1) is 18.9 Å². The van der Waals surface area contributed by atoms with Crippen molar-refractivity contribution in [1.29, 1.82) is 0 Å². The van der Waals surface area contributed by atoms with E-state index in [-0.39, 0.29) is 18.0 Å². The lowest BCUT2D eigenvalue weighted by Gasteiger charge is -2.37. The normalized spacial score (nSPS) is 14.9. The molecule has 0 N–H and O–H groups in total. The quantitative estimate of drug-likeness (QED) is 0.198. The number of nitrogens with zero attached hydrogens (tertiary/aromatic N) is 1. The molecule has 2 aromatic carbocycles. The number of carbonyl (C=O) groups excluding carboxylic acids is 1. The number of fused-ring (bicyclic) bond motifs is 1. The van der Waals surface area contributed by atoms with Crippen molar-refractivity contribution in [1.82, 2.24) is 0 Å². The Morgan fingerprint density at radius 2 is 1.80 bits per heavy atom. The van der Waals surface area contributed by atoms with Crippen molar-refractivity contribution >= 4 is 40.9 Å². The second kappa shape index (κ2) is 14.2. The fourth-order valence-electron chi connectivity index (χ4n) is 4.73. The van der Waals surface area contributed by atoms with E-state index in [9.17, 15) is 4.79 Å². The highest BCUT2D eigenvalue weighted by molar-refractivity contribution is 7.99. The smallest absolute Gasteiger partial charge is 0.332 e. The molecule has 35 heavy (non-hydrogen) atoms. The molecule has 0 saturated carbocycles. The summed E-state index contributed by atoms with van der Waals surface area (Å²) in [4.78, 5) is 16.8. The molecule has 1 aliphatic heterocycles. The standard InChI is InChI=1S/C29H41NO3S2/c1-5-8-15-29(16-9-6-2)21-30(24-13-11-10-12-14-24)25-18-26(34-4)23(17-27(25)35-22-29)19-32-20-28(31)33-7-3/h10-14,17-18H,5-9,15-16,19-22H2,1-4H3. The van der Waals surface area contributed by atoms with Crippen molar-refractivity contribution in [2.75, 3.05) is 36.7 Å². The maximum Gasteiger partial charge on any atom is 0.332 e. The zero-order valence-corrected chi connectivity index (χ0v) is 23.4. The predicted octanol–water partition coefficient (Wildman–Crippen LogP) is 8.10. The molecule has 1 heterocycles. The van der Waals surface area contributed by atoms with Gasteiger partial charge in [0.25, 0.3) is 0 Å². The lowest BCUT2D eigenvalue weighted by atomic mass is 9.79. The van der Waals surface area contributed by atoms with Gasteiger partial charge in [0.1, 0.15) is 6.61 Å². The van der Waals surface area contributed by atoms with Crippen LogP contribution in [0.5, 0.6) is 0 Å². The average Bonchev–Trinajstić information content (AvgIpc) is 3.03. The second-order valence-electron chi connectivity index (χ2n) is 9.35. The Balaban J connectivity index is 1.97. The minimum atomic E-state index is -0.311. The predicted molar refractivity (Wildman–Crippen MR) is 150 cm³/mol. The number of thioether (sulfide) groups is 2. The number of carbonyl (C=O) groups is 1. The van der Waals surface area contributed by atoms with Crippen molar-refractivity contribution in [3.8, 4) is 0 Å². The van der Waals surface area contributed by atoms with E-state index in [0.717, 1.165) is 17.9 Å². The Bertz CT molecular complexity index is 927. The van der Waals surface area contributed by atoms with Gasteiger partial charge in [-0.3, -0.25) is 0 Å². The van der Waals surface area contributed by atoms with Crippen molar-refractivity contribution in [3.05, 3.63) is 48.0 Å². The largest absolute Gasteiger partial charge is 0.464 e. The third-order valence-electron chi connectivity index (χ3n) is 6.65. The Kier molecular flexibility index (Phi) is 11.3. The lowest BCUT2D eigenvalue weighted by molar-refractivity contribution is -0.148. The van der Waals surface area contributed by atoms with Gasteiger partial charge < -0.3 is 14.4 Å². The number of benzene rings is 2. The molecule has 6 heteroatoms. The van der Waals surface area contributed by atoms with E-state index in [1.165, 1.54) is 59.7 Å². The number of rotatable bonds is 13. The zero-order chi connectivity index (χ0) is 25.1. The summed E-state index contributed by atoms with van der Waals surface area (Å²) in [6, 6.07) is 15.5. The van der Waals surface area contributed by atoms with Crippen LogP contribution in [0.3, 0.4) is 0 Å². The summed E-state index contributed by atoms with van der Waals surface area (Å²) < 4.78 is 10.8. The van der Waals surface area contributed by atoms with Crippen molar-refractivity contribution in [2.45, 2.75) is 75.7 Å². The molecule has 3 rings (SSSR count). The number of hydrogen-bond donors (Lipinski definition) is 0. The minimum absolute atomic E-state index is 0.0147. The van der Waals surface area contributed by atoms with Gasteiger partial charge >= 0.3 is 5.97 Å². The van der Waals surface area contributed by atoms with Gasteiger partial charge in [0, 0.05) is 27.8 Å². The van der Waals surface area contributed by atoms with Crippen LogP contribution in [0.2, 0.25) is 0 Å². The van der Waals surface area contributed by atoms with Crippen LogP contribution in [-0.4, -0.2) is 37.7 Å². The summed E-state index contributed by atoms with van der Waals surface area (Å²) in [6.07, 6.45) is 9.64. The van der Waals surface area contributed by atoms with E-state index in [1.54, 1.807) is 11.8 Å². The summed E-state index contributed by atoms with van der Waals surface area (Å²) in [6.45, 7) is 8.23. The lowest BCUT2D eigenvalue weighted by Crippen LogP contribution is -2.36. The van der Waals surface area contributed by atoms with Gasteiger partial charge in [-0.2, -0.15) is 0 Å². The molecule has 0 saturated heterocycles. The number of anilines is 2. The average molecular weight is 516 g/mol. The zero-order valence-electron chi connectivity index (χ0n) is 21.8. The molecule has 0 amide bonds. The van der Waals surface area contributed by atoms with Crippen molar-refractivity contribution < 1.29 is 14.3 Å². The molecular weight excluding hydrogens is 474 g/mol. The molecule has 0 aliphatic carbocycles. The summed E-state index contributed by atoms with van der Waals surface area (Å²) >= 11 is 3.74. The van der Waals surface area contributed by atoms with E-state index < -0.39 is 0 Å². The van der Waals surface area contributed by atoms with E-state index in [1.807, 2.05) is 18.7 Å². The maximum absolute atomic E-state index is 11.7. The Hall–Kier alpha value is -1.63. The monoisotopic (exact) mass is 515 g/mol. The molecule has 0 unspecified atom stereocenters. The van der Waals surface area contributed by atoms with Crippen LogP contribution in [-0.2, 0) is 20.9 Å². The summed E-state index contributed by atoms with van der Waals surface area (Å²) in [7, 11) is 0. The van der Waals surface area contributed by atoms with Gasteiger partial charge in [0.2, 0.25) is 0 Å². The molecule has 4 nitrogen and oxygen atoms in total. The molecule has 1 aliphatic rings. The van der Waals surface area contributed by atoms with E-state index in [4.69, 9.17) is 9.47 Å². The van der Waals surface area contributed by atoms with Crippen LogP contribution in [0.4, 0.5) is 11.4 Å². The van der Waals surface area contributed by atoms with Gasteiger partial charge in [-0.25, -0.2) is 4.79 Å². The second-order valence-corrected chi connectivity index (χ2v) is 11.2. The van der Waals surface area contributed by atoms with Crippen LogP contribution < -0.4 is 4.90 Å². The topological polar surface area (TPSA) is 38.8 Å². The van der Waals surface area contributed by atoms with Crippen LogP contribution in [0.15, 0.2) is 52.3 Å². The molecule has 0 atom stereocenters. The first kappa shape index (κ1) is 27.9. The number of hydrogen-bond acceptors (Lipinski definition) is 6. The SMILES string of the molecule is CCCCC1(CCCC)CSc2cc(COCC(=O)OCC)c(SC)cc2N(c2ccccc2)C1. The van der Waals surface area contributed by atoms with Gasteiger partial charge in [-0.1, -0.05) is 57.7 Å². The van der Waals surface area contributed by atoms with Crippen LogP contribution in [0, 0.1) is 5.41 Å². The fourth-order valence-corrected chi connectivity index (χ4v) is 6.73. The third-order valence-corrected chi connectivity index (χ3v) is 8.87. The van der Waals surface area contributed by atoms with E-state index >= 15 is 0 Å². The minimum Gasteiger partial charge on any atom is -0.464 e. The number of unbranched alkanes of at least 4 members (excludes halogenated alkanes) is 2. The highest BCUT2D eigenvalue weighted by atomic mass is 32.2. The Morgan fingerprint density at radius 1 is 1.09 bits per heavy atom. The van der Waals surface area contributed by atoms with Crippen molar-refractivity contribution in [3.63, 3.8) is 0 Å². The molecule has 0 aromatic heterocycles. The van der Waals surface area contributed by atoms with Crippen LogP contribution >= 0.6 is 23.5 Å². The third kappa shape index (κ3) is 7.68. The Morgan fingerprint density at radius 3 is 2.43 bits per heavy atom. The molecule has 0 bridgehead atoms. The highest BCUT2D eigenvalue weighted by Crippen LogP contribution is 2.48. The number of ether oxygens (including phenoxy) is 2. The number of para-hydroxylation sites is 1. The van der Waals surface area contributed by atoms with E-state index in [0.29, 0.717) is 13.2 Å². The molecular formula is C29H41NO3S2. The van der Waals surface area contributed by atoms with Gasteiger partial charge in [0.15, 0.2) is 0 Å². The summed E-state index contributed by atoms with van der Waals surface area (Å²) in [5.74, 6) is 0.819. The first-order valence-electron chi connectivity index (χ1n) is 13.0. The van der Waals surface area contributed by atoms with Crippen LogP contribution in [0.1, 0.15) is 64.9 Å². The molecule has 0 radical (unpaired) electrons. The van der Waals surface area contributed by atoms with Crippen LogP contribution in [0.25, 0.3) is 0 Å². The highest BCUT2D eigenvalue weighted by Gasteiger charge is 2.36. The first-order chi connectivity index (χ1) is 17.1. The van der Waals surface area contributed by atoms with Crippen molar-refractivity contribution in [2.24, 2.45) is 5.41 Å².